The van der Waals surface area contributed by atoms with E-state index in [-0.39, 0.29) is 23.7 Å². The number of rotatable bonds is 7. The first-order valence-corrected chi connectivity index (χ1v) is 10.9. The van der Waals surface area contributed by atoms with E-state index >= 15 is 0 Å². The Kier molecular flexibility index (Phi) is 7.28. The van der Waals surface area contributed by atoms with Gasteiger partial charge in [0.05, 0.1) is 17.3 Å². The molecular weight excluding hydrogens is 386 g/mol. The Morgan fingerprint density at radius 2 is 1.90 bits per heavy atom. The van der Waals surface area contributed by atoms with E-state index in [4.69, 9.17) is 10.5 Å². The Hall–Kier alpha value is -2.38. The van der Waals surface area contributed by atoms with Crippen LogP contribution >= 0.6 is 11.3 Å². The molecular formula is C22H29N3O3S. The standard InChI is InChI=1S/C22H29N3O3S/c1-25(2)11-12-28-22(27)16-7-5-15(6-8-16)21(26)24-19-14-17(9-10-18(19)23)20-4-3-13-29-20/h3-4,9-10,13-16H,5-8,11-12,23H2,1-2H3,(H,24,26). The van der Waals surface area contributed by atoms with Crippen molar-refractivity contribution < 1.29 is 14.3 Å². The van der Waals surface area contributed by atoms with Crippen LogP contribution in [0.2, 0.25) is 0 Å². The molecule has 0 unspecified atom stereocenters. The fourth-order valence-corrected chi connectivity index (χ4v) is 4.26. The highest BCUT2D eigenvalue weighted by atomic mass is 32.1. The molecule has 0 spiro atoms. The number of likely N-dealkylation sites (N-methyl/N-ethyl adjacent to an activating group) is 1. The van der Waals surface area contributed by atoms with Crippen molar-refractivity contribution in [2.75, 3.05) is 38.3 Å². The van der Waals surface area contributed by atoms with Crippen LogP contribution in [-0.2, 0) is 14.3 Å². The highest BCUT2D eigenvalue weighted by Crippen LogP contribution is 2.33. The summed E-state index contributed by atoms with van der Waals surface area (Å²) in [6.07, 6.45) is 2.74. The number of hydrogen-bond donors (Lipinski definition) is 2. The highest BCUT2D eigenvalue weighted by molar-refractivity contribution is 7.13. The van der Waals surface area contributed by atoms with Gasteiger partial charge in [-0.2, -0.15) is 0 Å². The van der Waals surface area contributed by atoms with Crippen molar-refractivity contribution in [3.63, 3.8) is 0 Å². The number of ether oxygens (including phenoxy) is 1. The maximum Gasteiger partial charge on any atom is 0.308 e. The molecule has 3 N–H and O–H groups in total. The molecule has 1 aromatic carbocycles. The molecule has 0 saturated heterocycles. The second-order valence-electron chi connectivity index (χ2n) is 7.79. The number of amides is 1. The number of nitrogens with one attached hydrogen (secondary N) is 1. The quantitative estimate of drug-likeness (QED) is 0.530. The molecule has 29 heavy (non-hydrogen) atoms. The van der Waals surface area contributed by atoms with Crippen LogP contribution in [0.3, 0.4) is 0 Å². The first-order chi connectivity index (χ1) is 13.9. The van der Waals surface area contributed by atoms with Gasteiger partial charge in [-0.05, 0) is 68.9 Å². The van der Waals surface area contributed by atoms with Crippen molar-refractivity contribution in [1.82, 2.24) is 4.90 Å². The number of hydrogen-bond acceptors (Lipinski definition) is 6. The van der Waals surface area contributed by atoms with Gasteiger partial charge in [-0.25, -0.2) is 0 Å². The molecule has 0 bridgehead atoms. The maximum absolute atomic E-state index is 12.8. The molecule has 1 saturated carbocycles. The minimum Gasteiger partial charge on any atom is -0.464 e. The summed E-state index contributed by atoms with van der Waals surface area (Å²) in [6.45, 7) is 1.13. The van der Waals surface area contributed by atoms with Crippen molar-refractivity contribution in [2.45, 2.75) is 25.7 Å². The fraction of sp³-hybridized carbons (Fsp3) is 0.455. The summed E-state index contributed by atoms with van der Waals surface area (Å²) < 4.78 is 5.35. The van der Waals surface area contributed by atoms with E-state index in [2.05, 4.69) is 5.32 Å². The SMILES string of the molecule is CN(C)CCOC(=O)C1CCC(C(=O)Nc2cc(-c3cccs3)ccc2N)CC1. The third-order valence-electron chi connectivity index (χ3n) is 5.33. The van der Waals surface area contributed by atoms with Crippen LogP contribution in [-0.4, -0.2) is 44.0 Å². The molecule has 3 rings (SSSR count). The summed E-state index contributed by atoms with van der Waals surface area (Å²) in [6, 6.07) is 9.75. The van der Waals surface area contributed by atoms with Gasteiger partial charge < -0.3 is 20.7 Å². The van der Waals surface area contributed by atoms with Gasteiger partial charge in [0.1, 0.15) is 6.61 Å². The summed E-state index contributed by atoms with van der Waals surface area (Å²) in [5.41, 5.74) is 8.31. The molecule has 1 heterocycles. The number of thiophene rings is 1. The van der Waals surface area contributed by atoms with E-state index in [0.29, 0.717) is 43.7 Å². The Morgan fingerprint density at radius 1 is 1.17 bits per heavy atom. The molecule has 1 aliphatic rings. The predicted molar refractivity (Wildman–Crippen MR) is 118 cm³/mol. The van der Waals surface area contributed by atoms with Gasteiger partial charge in [-0.15, -0.1) is 11.3 Å². The Bertz CT molecular complexity index is 828. The number of nitrogen functional groups attached to an aromatic ring is 1. The Morgan fingerprint density at radius 3 is 2.55 bits per heavy atom. The first-order valence-electron chi connectivity index (χ1n) is 9.99. The van der Waals surface area contributed by atoms with E-state index in [1.165, 1.54) is 0 Å². The lowest BCUT2D eigenvalue weighted by Crippen LogP contribution is -2.31. The number of carbonyl (C=O) groups excluding carboxylic acids is 2. The fourth-order valence-electron chi connectivity index (χ4n) is 3.53. The number of nitrogens with zero attached hydrogens (tertiary/aromatic N) is 1. The Labute approximate surface area is 176 Å². The van der Waals surface area contributed by atoms with Gasteiger partial charge in [-0.3, -0.25) is 9.59 Å². The molecule has 1 aromatic heterocycles. The van der Waals surface area contributed by atoms with Crippen LogP contribution in [0.15, 0.2) is 35.7 Å². The maximum atomic E-state index is 12.8. The average molecular weight is 416 g/mol. The molecule has 0 radical (unpaired) electrons. The van der Waals surface area contributed by atoms with Crippen LogP contribution in [0, 0.1) is 11.8 Å². The van der Waals surface area contributed by atoms with E-state index in [1.54, 1.807) is 11.3 Å². The zero-order valence-corrected chi connectivity index (χ0v) is 17.8. The van der Waals surface area contributed by atoms with E-state index in [9.17, 15) is 9.59 Å². The second-order valence-corrected chi connectivity index (χ2v) is 8.74. The minimum absolute atomic E-state index is 0.0283. The topological polar surface area (TPSA) is 84.7 Å². The van der Waals surface area contributed by atoms with Crippen molar-refractivity contribution in [1.29, 1.82) is 0 Å². The third kappa shape index (κ3) is 5.81. The summed E-state index contributed by atoms with van der Waals surface area (Å²) in [4.78, 5) is 28.1. The van der Waals surface area contributed by atoms with E-state index in [0.717, 1.165) is 17.0 Å². The van der Waals surface area contributed by atoms with Gasteiger partial charge >= 0.3 is 5.97 Å². The van der Waals surface area contributed by atoms with Crippen molar-refractivity contribution >= 4 is 34.6 Å². The largest absolute Gasteiger partial charge is 0.464 e. The zero-order valence-electron chi connectivity index (χ0n) is 17.0. The van der Waals surface area contributed by atoms with Crippen molar-refractivity contribution in [3.8, 4) is 10.4 Å². The van der Waals surface area contributed by atoms with E-state index < -0.39 is 0 Å². The van der Waals surface area contributed by atoms with Crippen molar-refractivity contribution in [3.05, 3.63) is 35.7 Å². The smallest absolute Gasteiger partial charge is 0.308 e. The van der Waals surface area contributed by atoms with Gasteiger partial charge in [-0.1, -0.05) is 12.1 Å². The molecule has 1 aliphatic carbocycles. The summed E-state index contributed by atoms with van der Waals surface area (Å²) >= 11 is 1.65. The molecule has 1 fully saturated rings. The third-order valence-corrected chi connectivity index (χ3v) is 6.25. The number of benzene rings is 1. The van der Waals surface area contributed by atoms with E-state index in [1.807, 2.05) is 54.7 Å². The van der Waals surface area contributed by atoms with Crippen LogP contribution in [0.4, 0.5) is 11.4 Å². The van der Waals surface area contributed by atoms with Gasteiger partial charge in [0.2, 0.25) is 5.91 Å². The van der Waals surface area contributed by atoms with Gasteiger partial charge in [0.15, 0.2) is 0 Å². The van der Waals surface area contributed by atoms with Crippen LogP contribution in [0.25, 0.3) is 10.4 Å². The lowest BCUT2D eigenvalue weighted by molar-refractivity contribution is -0.150. The average Bonchev–Trinajstić information content (AvgIpc) is 3.24. The second kappa shape index (κ2) is 9.89. The molecule has 2 aromatic rings. The molecule has 156 valence electrons. The lowest BCUT2D eigenvalue weighted by atomic mass is 9.81. The van der Waals surface area contributed by atoms with Crippen molar-refractivity contribution in [2.24, 2.45) is 11.8 Å². The van der Waals surface area contributed by atoms with Crippen LogP contribution < -0.4 is 11.1 Å². The Balaban J connectivity index is 1.52. The number of esters is 1. The first kappa shape index (κ1) is 21.3. The lowest BCUT2D eigenvalue weighted by Gasteiger charge is -2.27. The zero-order chi connectivity index (χ0) is 20.8. The van der Waals surface area contributed by atoms with Crippen LogP contribution in [0.5, 0.6) is 0 Å². The number of nitrogens with two attached hydrogens (primary N) is 1. The molecule has 1 amide bonds. The normalized spacial score (nSPS) is 19.1. The van der Waals surface area contributed by atoms with Crippen LogP contribution in [0.1, 0.15) is 25.7 Å². The molecule has 7 heteroatoms. The predicted octanol–water partition coefficient (Wildman–Crippen LogP) is 3.85. The molecule has 6 nitrogen and oxygen atoms in total. The number of carbonyl (C=O) groups is 2. The molecule has 0 atom stereocenters. The summed E-state index contributed by atoms with van der Waals surface area (Å²) in [7, 11) is 3.89. The highest BCUT2D eigenvalue weighted by Gasteiger charge is 2.31. The minimum atomic E-state index is -0.140. The monoisotopic (exact) mass is 415 g/mol. The number of anilines is 2. The van der Waals surface area contributed by atoms with Gasteiger partial charge in [0.25, 0.3) is 0 Å². The summed E-state index contributed by atoms with van der Waals surface area (Å²) in [5.74, 6) is -0.378. The summed E-state index contributed by atoms with van der Waals surface area (Å²) in [5, 5.41) is 5.01. The van der Waals surface area contributed by atoms with Gasteiger partial charge in [0, 0.05) is 17.3 Å². The molecule has 0 aliphatic heterocycles.